The van der Waals surface area contributed by atoms with Gasteiger partial charge in [0.05, 0.1) is 17.7 Å². The van der Waals surface area contributed by atoms with Crippen molar-refractivity contribution < 1.29 is 29.0 Å². The van der Waals surface area contributed by atoms with Crippen LogP contribution >= 0.6 is 0 Å². The Morgan fingerprint density at radius 1 is 1.16 bits per heavy atom. The molecular formula is C17H20N2O6. The maximum absolute atomic E-state index is 12.5. The molecule has 1 heterocycles. The number of nitrogens with zero attached hydrogens (tertiary/aromatic N) is 1. The fraction of sp³-hybridized carbons (Fsp3) is 0.412. The molecule has 0 aromatic heterocycles. The highest BCUT2D eigenvalue weighted by molar-refractivity contribution is 6.22. The van der Waals surface area contributed by atoms with Crippen LogP contribution in [-0.4, -0.2) is 59.5 Å². The van der Waals surface area contributed by atoms with Crippen LogP contribution in [0, 0.1) is 5.92 Å². The van der Waals surface area contributed by atoms with Crippen molar-refractivity contribution in [2.45, 2.75) is 19.9 Å². The number of hydrogen-bond acceptors (Lipinski definition) is 5. The van der Waals surface area contributed by atoms with E-state index in [1.54, 1.807) is 38.1 Å². The number of aliphatic carboxylic acids is 1. The van der Waals surface area contributed by atoms with Crippen LogP contribution in [0.4, 0.5) is 0 Å². The molecule has 0 saturated carbocycles. The summed E-state index contributed by atoms with van der Waals surface area (Å²) in [6.45, 7) is 3.13. The summed E-state index contributed by atoms with van der Waals surface area (Å²) in [6, 6.07) is 5.50. The molecule has 2 N–H and O–H groups in total. The van der Waals surface area contributed by atoms with E-state index >= 15 is 0 Å². The molecule has 0 aliphatic carbocycles. The standard InChI is InChI=1S/C17H20N2O6/c1-10(2)14(15(22)18-7-8-25-9-13(20)21)19-16(23)11-5-3-4-6-12(11)17(19)24/h3-6,10,14H,7-9H2,1-2H3,(H,18,22)(H,20,21). The third-order valence-electron chi connectivity index (χ3n) is 3.77. The van der Waals surface area contributed by atoms with Crippen LogP contribution in [0.1, 0.15) is 34.6 Å². The zero-order chi connectivity index (χ0) is 18.6. The molecule has 0 bridgehead atoms. The van der Waals surface area contributed by atoms with Gasteiger partial charge in [-0.25, -0.2) is 4.79 Å². The number of imide groups is 1. The van der Waals surface area contributed by atoms with E-state index in [1.807, 2.05) is 0 Å². The van der Waals surface area contributed by atoms with Crippen molar-refractivity contribution >= 4 is 23.7 Å². The molecule has 0 radical (unpaired) electrons. The van der Waals surface area contributed by atoms with Gasteiger partial charge in [-0.1, -0.05) is 26.0 Å². The quantitative estimate of drug-likeness (QED) is 0.523. The van der Waals surface area contributed by atoms with Crippen LogP contribution < -0.4 is 5.32 Å². The lowest BCUT2D eigenvalue weighted by atomic mass is 10.0. The SMILES string of the molecule is CC(C)C(C(=O)NCCOCC(=O)O)N1C(=O)c2ccccc2C1=O. The number of nitrogens with one attached hydrogen (secondary N) is 1. The largest absolute Gasteiger partial charge is 0.480 e. The van der Waals surface area contributed by atoms with E-state index < -0.39 is 36.3 Å². The van der Waals surface area contributed by atoms with Crippen molar-refractivity contribution in [1.29, 1.82) is 0 Å². The third-order valence-corrected chi connectivity index (χ3v) is 3.77. The van der Waals surface area contributed by atoms with E-state index in [1.165, 1.54) is 0 Å². The van der Waals surface area contributed by atoms with Crippen molar-refractivity contribution in [3.8, 4) is 0 Å². The highest BCUT2D eigenvalue weighted by atomic mass is 16.5. The molecule has 8 nitrogen and oxygen atoms in total. The summed E-state index contributed by atoms with van der Waals surface area (Å²) in [5.74, 6) is -2.85. The third kappa shape index (κ3) is 4.03. The lowest BCUT2D eigenvalue weighted by Gasteiger charge is -2.28. The van der Waals surface area contributed by atoms with E-state index in [9.17, 15) is 19.2 Å². The van der Waals surface area contributed by atoms with Crippen LogP contribution in [0.25, 0.3) is 0 Å². The number of carbonyl (C=O) groups is 4. The van der Waals surface area contributed by atoms with Crippen LogP contribution in [0.2, 0.25) is 0 Å². The molecule has 8 heteroatoms. The molecule has 2 rings (SSSR count). The van der Waals surface area contributed by atoms with Crippen molar-refractivity contribution in [3.63, 3.8) is 0 Å². The van der Waals surface area contributed by atoms with Crippen molar-refractivity contribution in [1.82, 2.24) is 10.2 Å². The van der Waals surface area contributed by atoms with Gasteiger partial charge in [0, 0.05) is 6.54 Å². The molecule has 0 spiro atoms. The second kappa shape index (κ2) is 7.89. The average molecular weight is 348 g/mol. The highest BCUT2D eigenvalue weighted by Gasteiger charge is 2.43. The van der Waals surface area contributed by atoms with Gasteiger partial charge in [0.25, 0.3) is 11.8 Å². The van der Waals surface area contributed by atoms with Gasteiger partial charge in [-0.15, -0.1) is 0 Å². The normalized spacial score (nSPS) is 14.6. The number of fused-ring (bicyclic) bond motifs is 1. The molecule has 1 aliphatic rings. The summed E-state index contributed by atoms with van der Waals surface area (Å²) in [5, 5.41) is 11.1. The second-order valence-electron chi connectivity index (χ2n) is 5.95. The fourth-order valence-corrected chi connectivity index (χ4v) is 2.69. The molecule has 25 heavy (non-hydrogen) atoms. The van der Waals surface area contributed by atoms with Gasteiger partial charge < -0.3 is 15.2 Å². The van der Waals surface area contributed by atoms with Crippen LogP contribution in [0.5, 0.6) is 0 Å². The number of hydrogen-bond donors (Lipinski definition) is 2. The maximum Gasteiger partial charge on any atom is 0.329 e. The molecular weight excluding hydrogens is 328 g/mol. The first-order chi connectivity index (χ1) is 11.8. The van der Waals surface area contributed by atoms with Gasteiger partial charge in [-0.05, 0) is 18.1 Å². The molecule has 1 aromatic rings. The first kappa shape index (κ1) is 18.6. The van der Waals surface area contributed by atoms with E-state index in [4.69, 9.17) is 9.84 Å². The fourth-order valence-electron chi connectivity index (χ4n) is 2.69. The van der Waals surface area contributed by atoms with Crippen LogP contribution in [-0.2, 0) is 14.3 Å². The average Bonchev–Trinajstić information content (AvgIpc) is 2.80. The minimum Gasteiger partial charge on any atom is -0.480 e. The summed E-state index contributed by atoms with van der Waals surface area (Å²) < 4.78 is 4.84. The summed E-state index contributed by atoms with van der Waals surface area (Å²) in [5.41, 5.74) is 0.575. The minimum absolute atomic E-state index is 0.0188. The topological polar surface area (TPSA) is 113 Å². The van der Waals surface area contributed by atoms with Gasteiger partial charge in [0.1, 0.15) is 12.6 Å². The molecule has 134 valence electrons. The zero-order valence-corrected chi connectivity index (χ0v) is 14.0. The summed E-state index contributed by atoms with van der Waals surface area (Å²) in [4.78, 5) is 48.9. The number of carboxylic acid groups (broad SMARTS) is 1. The number of rotatable bonds is 8. The number of carboxylic acids is 1. The summed E-state index contributed by atoms with van der Waals surface area (Å²) in [7, 11) is 0. The smallest absolute Gasteiger partial charge is 0.329 e. The van der Waals surface area contributed by atoms with E-state index in [0.717, 1.165) is 4.90 Å². The maximum atomic E-state index is 12.5. The Hall–Kier alpha value is -2.74. The van der Waals surface area contributed by atoms with Crippen molar-refractivity contribution in [2.24, 2.45) is 5.92 Å². The lowest BCUT2D eigenvalue weighted by molar-refractivity contribution is -0.142. The van der Waals surface area contributed by atoms with Crippen molar-refractivity contribution in [2.75, 3.05) is 19.8 Å². The van der Waals surface area contributed by atoms with E-state index in [-0.39, 0.29) is 30.2 Å². The highest BCUT2D eigenvalue weighted by Crippen LogP contribution is 2.27. The first-order valence-electron chi connectivity index (χ1n) is 7.88. The van der Waals surface area contributed by atoms with E-state index in [0.29, 0.717) is 0 Å². The Morgan fingerprint density at radius 2 is 1.72 bits per heavy atom. The van der Waals surface area contributed by atoms with Gasteiger partial charge in [-0.3, -0.25) is 19.3 Å². The molecule has 1 aliphatic heterocycles. The predicted molar refractivity (Wildman–Crippen MR) is 87.0 cm³/mol. The van der Waals surface area contributed by atoms with Crippen molar-refractivity contribution in [3.05, 3.63) is 35.4 Å². The molecule has 1 unspecified atom stereocenters. The molecule has 3 amide bonds. The monoisotopic (exact) mass is 348 g/mol. The molecule has 0 fully saturated rings. The minimum atomic E-state index is -1.10. The van der Waals surface area contributed by atoms with E-state index in [2.05, 4.69) is 5.32 Å². The van der Waals surface area contributed by atoms with Crippen LogP contribution in [0.3, 0.4) is 0 Å². The Bertz CT molecular complexity index is 665. The Morgan fingerprint density at radius 3 is 2.20 bits per heavy atom. The predicted octanol–water partition coefficient (Wildman–Crippen LogP) is 0.525. The molecule has 1 atom stereocenters. The Balaban J connectivity index is 2.06. The molecule has 0 saturated heterocycles. The lowest BCUT2D eigenvalue weighted by Crippen LogP contribution is -2.52. The summed E-state index contributed by atoms with van der Waals surface area (Å²) in [6.07, 6.45) is 0. The zero-order valence-electron chi connectivity index (χ0n) is 14.0. The Labute approximate surface area is 144 Å². The Kier molecular flexibility index (Phi) is 5.87. The number of ether oxygens (including phenoxy) is 1. The summed E-state index contributed by atoms with van der Waals surface area (Å²) >= 11 is 0. The second-order valence-corrected chi connectivity index (χ2v) is 5.95. The van der Waals surface area contributed by atoms with Gasteiger partial charge in [0.15, 0.2) is 0 Å². The van der Waals surface area contributed by atoms with Crippen LogP contribution in [0.15, 0.2) is 24.3 Å². The molecule has 1 aromatic carbocycles. The number of amides is 3. The first-order valence-corrected chi connectivity index (χ1v) is 7.88. The number of benzene rings is 1. The van der Waals surface area contributed by atoms with Gasteiger partial charge in [-0.2, -0.15) is 0 Å². The van der Waals surface area contributed by atoms with Gasteiger partial charge in [0.2, 0.25) is 5.91 Å². The van der Waals surface area contributed by atoms with Gasteiger partial charge >= 0.3 is 5.97 Å². The number of carbonyl (C=O) groups excluding carboxylic acids is 3.